The Kier molecular flexibility index (Phi) is 7.43. The van der Waals surface area contributed by atoms with Crippen molar-refractivity contribution in [3.05, 3.63) is 0 Å². The molecule has 0 aromatic rings. The number of carbonyl (C=O) groups is 3. The zero-order valence-corrected chi connectivity index (χ0v) is 16.5. The van der Waals surface area contributed by atoms with Gasteiger partial charge >= 0.3 is 12.1 Å². The number of fused-ring (bicyclic) bond motifs is 1. The van der Waals surface area contributed by atoms with Gasteiger partial charge in [-0.3, -0.25) is 4.79 Å². The summed E-state index contributed by atoms with van der Waals surface area (Å²) in [6.45, 7) is 6.13. The molecule has 0 unspecified atom stereocenters. The fourth-order valence-corrected chi connectivity index (χ4v) is 4.59. The minimum atomic E-state index is -0.525. The summed E-state index contributed by atoms with van der Waals surface area (Å²) >= 11 is 1.89. The third kappa shape index (κ3) is 6.93. The zero-order valence-electron chi connectivity index (χ0n) is 15.7. The van der Waals surface area contributed by atoms with E-state index in [0.717, 1.165) is 25.0 Å². The van der Waals surface area contributed by atoms with Gasteiger partial charge in [-0.05, 0) is 33.6 Å². The number of urea groups is 1. The maximum Gasteiger partial charge on any atom is 0.407 e. The van der Waals surface area contributed by atoms with Gasteiger partial charge in [-0.2, -0.15) is 11.8 Å². The molecular formula is C17H30N4O4S. The van der Waals surface area contributed by atoms with Crippen molar-refractivity contribution in [2.75, 3.05) is 18.8 Å². The molecule has 0 aliphatic carbocycles. The van der Waals surface area contributed by atoms with Crippen LogP contribution in [0.25, 0.3) is 0 Å². The van der Waals surface area contributed by atoms with Crippen molar-refractivity contribution in [3.8, 4) is 0 Å². The van der Waals surface area contributed by atoms with Crippen LogP contribution in [-0.2, 0) is 9.53 Å². The van der Waals surface area contributed by atoms with Crippen LogP contribution in [0.3, 0.4) is 0 Å². The summed E-state index contributed by atoms with van der Waals surface area (Å²) in [6, 6.07) is 0.406. The second kappa shape index (κ2) is 9.34. The van der Waals surface area contributed by atoms with Gasteiger partial charge in [-0.1, -0.05) is 6.42 Å². The van der Waals surface area contributed by atoms with Crippen LogP contribution in [0, 0.1) is 0 Å². The van der Waals surface area contributed by atoms with Crippen molar-refractivity contribution in [3.63, 3.8) is 0 Å². The summed E-state index contributed by atoms with van der Waals surface area (Å²) in [4.78, 5) is 34.6. The predicted octanol–water partition coefficient (Wildman–Crippen LogP) is 1.35. The van der Waals surface area contributed by atoms with Crippen LogP contribution in [0.4, 0.5) is 9.59 Å². The Morgan fingerprint density at radius 2 is 1.92 bits per heavy atom. The second-order valence-electron chi connectivity index (χ2n) is 7.65. The SMILES string of the molecule is CC(C)(C)OC(=O)NCCNC(=O)CCCC[C@@H]1SC[C@H]2NC(=O)N[C@H]12. The lowest BCUT2D eigenvalue weighted by molar-refractivity contribution is -0.121. The van der Waals surface area contributed by atoms with E-state index in [9.17, 15) is 14.4 Å². The maximum atomic E-state index is 11.8. The molecule has 2 aliphatic rings. The van der Waals surface area contributed by atoms with Crippen LogP contribution in [0.5, 0.6) is 0 Å². The van der Waals surface area contributed by atoms with Crippen molar-refractivity contribution >= 4 is 29.8 Å². The highest BCUT2D eigenvalue weighted by Crippen LogP contribution is 2.33. The molecule has 0 spiro atoms. The largest absolute Gasteiger partial charge is 0.444 e. The molecule has 2 heterocycles. The van der Waals surface area contributed by atoms with Gasteiger partial charge in [0.1, 0.15) is 5.60 Å². The molecule has 148 valence electrons. The fourth-order valence-electron chi connectivity index (χ4n) is 3.04. The van der Waals surface area contributed by atoms with Gasteiger partial charge in [0.2, 0.25) is 5.91 Å². The molecule has 0 radical (unpaired) electrons. The summed E-state index contributed by atoms with van der Waals surface area (Å²) in [7, 11) is 0. The smallest absolute Gasteiger partial charge is 0.407 e. The van der Waals surface area contributed by atoms with Crippen LogP contribution in [0.1, 0.15) is 46.5 Å². The van der Waals surface area contributed by atoms with Gasteiger partial charge in [-0.15, -0.1) is 0 Å². The van der Waals surface area contributed by atoms with E-state index in [2.05, 4.69) is 21.3 Å². The third-order valence-corrected chi connectivity index (χ3v) is 5.70. The fraction of sp³-hybridized carbons (Fsp3) is 0.824. The molecule has 0 aromatic heterocycles. The number of unbranched alkanes of at least 4 members (excludes halogenated alkanes) is 1. The molecule has 0 saturated carbocycles. The lowest BCUT2D eigenvalue weighted by Crippen LogP contribution is -2.37. The van der Waals surface area contributed by atoms with E-state index in [1.807, 2.05) is 11.8 Å². The number of nitrogens with one attached hydrogen (secondary N) is 4. The Morgan fingerprint density at radius 3 is 2.65 bits per heavy atom. The molecule has 26 heavy (non-hydrogen) atoms. The molecule has 4 N–H and O–H groups in total. The van der Waals surface area contributed by atoms with E-state index in [1.165, 1.54) is 0 Å². The molecule has 2 rings (SSSR count). The minimum absolute atomic E-state index is 0.0104. The second-order valence-corrected chi connectivity index (χ2v) is 8.92. The summed E-state index contributed by atoms with van der Waals surface area (Å²) in [6.07, 6.45) is 2.78. The highest BCUT2D eigenvalue weighted by molar-refractivity contribution is 8.00. The number of hydrogen-bond acceptors (Lipinski definition) is 5. The maximum absolute atomic E-state index is 11.8. The average Bonchev–Trinajstić information content (AvgIpc) is 3.06. The Labute approximate surface area is 158 Å². The van der Waals surface area contributed by atoms with Gasteiger partial charge in [-0.25, -0.2) is 9.59 Å². The number of hydrogen-bond donors (Lipinski definition) is 4. The number of rotatable bonds is 8. The van der Waals surface area contributed by atoms with Crippen LogP contribution in [-0.4, -0.2) is 59.8 Å². The monoisotopic (exact) mass is 386 g/mol. The summed E-state index contributed by atoms with van der Waals surface area (Å²) in [5, 5.41) is 11.7. The first-order valence-electron chi connectivity index (χ1n) is 9.17. The lowest BCUT2D eigenvalue weighted by atomic mass is 10.0. The molecule has 9 heteroatoms. The molecule has 0 bridgehead atoms. The average molecular weight is 387 g/mol. The van der Waals surface area contributed by atoms with E-state index in [4.69, 9.17) is 4.74 Å². The van der Waals surface area contributed by atoms with Crippen molar-refractivity contribution in [1.29, 1.82) is 0 Å². The quantitative estimate of drug-likeness (QED) is 0.372. The van der Waals surface area contributed by atoms with Gasteiger partial charge in [0.05, 0.1) is 12.1 Å². The van der Waals surface area contributed by atoms with E-state index in [-0.39, 0.29) is 24.0 Å². The van der Waals surface area contributed by atoms with Crippen LogP contribution < -0.4 is 21.3 Å². The van der Waals surface area contributed by atoms with Crippen LogP contribution in [0.2, 0.25) is 0 Å². The lowest BCUT2D eigenvalue weighted by Gasteiger charge is -2.19. The van der Waals surface area contributed by atoms with Crippen molar-refractivity contribution in [2.24, 2.45) is 0 Å². The highest BCUT2D eigenvalue weighted by atomic mass is 32.2. The number of thioether (sulfide) groups is 1. The first-order valence-corrected chi connectivity index (χ1v) is 10.2. The molecule has 2 saturated heterocycles. The summed E-state index contributed by atoms with van der Waals surface area (Å²) < 4.78 is 5.11. The summed E-state index contributed by atoms with van der Waals surface area (Å²) in [5.41, 5.74) is -0.525. The first kappa shape index (κ1) is 20.7. The van der Waals surface area contributed by atoms with E-state index in [0.29, 0.717) is 24.8 Å². The van der Waals surface area contributed by atoms with Gasteiger partial charge in [0, 0.05) is 30.5 Å². The Hall–Kier alpha value is -1.64. The third-order valence-electron chi connectivity index (χ3n) is 4.20. The Morgan fingerprint density at radius 1 is 1.19 bits per heavy atom. The number of carbonyl (C=O) groups excluding carboxylic acids is 3. The minimum Gasteiger partial charge on any atom is -0.444 e. The van der Waals surface area contributed by atoms with Gasteiger partial charge < -0.3 is 26.0 Å². The highest BCUT2D eigenvalue weighted by Gasteiger charge is 2.42. The van der Waals surface area contributed by atoms with E-state index >= 15 is 0 Å². The molecular weight excluding hydrogens is 356 g/mol. The van der Waals surface area contributed by atoms with Crippen LogP contribution in [0.15, 0.2) is 0 Å². The zero-order chi connectivity index (χ0) is 19.2. The van der Waals surface area contributed by atoms with Crippen molar-refractivity contribution in [2.45, 2.75) is 69.4 Å². The molecule has 3 atom stereocenters. The molecule has 4 amide bonds. The van der Waals surface area contributed by atoms with Gasteiger partial charge in [0.25, 0.3) is 0 Å². The van der Waals surface area contributed by atoms with Crippen LogP contribution >= 0.6 is 11.8 Å². The molecule has 0 aromatic carbocycles. The number of ether oxygens (including phenoxy) is 1. The topological polar surface area (TPSA) is 109 Å². The standard InChI is InChI=1S/C17H30N4O4S/c1-17(2,3)25-16(24)19-9-8-18-13(22)7-5-4-6-12-14-11(10-26-12)20-15(23)21-14/h11-12,14H,4-10H2,1-3H3,(H,18,22)(H,19,24)(H2,20,21,23)/t11-,12+,14+/m1/s1. The van der Waals surface area contributed by atoms with Crippen molar-refractivity contribution < 1.29 is 19.1 Å². The van der Waals surface area contributed by atoms with Crippen molar-refractivity contribution in [1.82, 2.24) is 21.3 Å². The normalized spacial score (nSPS) is 24.4. The number of alkyl carbamates (subject to hydrolysis) is 1. The molecule has 2 fully saturated rings. The van der Waals surface area contributed by atoms with E-state index < -0.39 is 11.7 Å². The number of amides is 4. The predicted molar refractivity (Wildman–Crippen MR) is 101 cm³/mol. The van der Waals surface area contributed by atoms with Gasteiger partial charge in [0.15, 0.2) is 0 Å². The van der Waals surface area contributed by atoms with E-state index in [1.54, 1.807) is 20.8 Å². The first-order chi connectivity index (χ1) is 12.2. The summed E-state index contributed by atoms with van der Waals surface area (Å²) in [5.74, 6) is 0.947. The Balaban J connectivity index is 1.48. The molecule has 2 aliphatic heterocycles. The molecule has 8 nitrogen and oxygen atoms in total. The Bertz CT molecular complexity index is 523.